The van der Waals surface area contributed by atoms with Gasteiger partial charge in [-0.05, 0) is 40.2 Å². The molecule has 0 aliphatic rings. The first kappa shape index (κ1) is 11.7. The zero-order valence-electron chi connectivity index (χ0n) is 8.84. The zero-order chi connectivity index (χ0) is 12.3. The molecule has 4 heteroatoms. The molecule has 17 heavy (non-hydrogen) atoms. The van der Waals surface area contributed by atoms with Crippen molar-refractivity contribution in [1.29, 1.82) is 0 Å². The second-order valence-electron chi connectivity index (χ2n) is 3.42. The third kappa shape index (κ3) is 2.65. The highest BCUT2D eigenvalue weighted by atomic mass is 79.9. The molecule has 0 amide bonds. The van der Waals surface area contributed by atoms with E-state index < -0.39 is 0 Å². The van der Waals surface area contributed by atoms with E-state index in [4.69, 9.17) is 0 Å². The van der Waals surface area contributed by atoms with Gasteiger partial charge in [0.2, 0.25) is 0 Å². The predicted molar refractivity (Wildman–Crippen MR) is 71.2 cm³/mol. The Bertz CT molecular complexity index is 567. The number of nitrogens with zero attached hydrogens (tertiary/aromatic N) is 1. The SMILES string of the molecule is Oc1ccccc1/N=C/c1cccc(Br)c1O. The van der Waals surface area contributed by atoms with Crippen LogP contribution < -0.4 is 0 Å². The summed E-state index contributed by atoms with van der Waals surface area (Å²) in [6.45, 7) is 0. The van der Waals surface area contributed by atoms with Crippen LogP contribution in [-0.4, -0.2) is 16.4 Å². The van der Waals surface area contributed by atoms with Crippen molar-refractivity contribution in [2.45, 2.75) is 0 Å². The summed E-state index contributed by atoms with van der Waals surface area (Å²) >= 11 is 3.23. The first-order valence-corrected chi connectivity index (χ1v) is 5.77. The minimum Gasteiger partial charge on any atom is -0.506 e. The maximum Gasteiger partial charge on any atom is 0.141 e. The van der Waals surface area contributed by atoms with Gasteiger partial charge in [0.15, 0.2) is 0 Å². The van der Waals surface area contributed by atoms with Crippen molar-refractivity contribution in [1.82, 2.24) is 0 Å². The number of benzene rings is 2. The van der Waals surface area contributed by atoms with Crippen LogP contribution in [0.3, 0.4) is 0 Å². The number of hydrogen-bond acceptors (Lipinski definition) is 3. The van der Waals surface area contributed by atoms with E-state index in [-0.39, 0.29) is 11.5 Å². The standard InChI is InChI=1S/C13H10BrNO2/c14-10-5-3-4-9(13(10)17)8-15-11-6-1-2-7-12(11)16/h1-8,16-17H/b15-8+. The van der Waals surface area contributed by atoms with Gasteiger partial charge in [0, 0.05) is 11.8 Å². The lowest BCUT2D eigenvalue weighted by molar-refractivity contribution is 0.471. The van der Waals surface area contributed by atoms with E-state index in [1.165, 1.54) is 6.21 Å². The molecule has 0 fully saturated rings. The van der Waals surface area contributed by atoms with Gasteiger partial charge in [-0.2, -0.15) is 0 Å². The summed E-state index contributed by atoms with van der Waals surface area (Å²) in [4.78, 5) is 4.12. The molecule has 3 nitrogen and oxygen atoms in total. The molecule has 86 valence electrons. The molecule has 0 unspecified atom stereocenters. The first-order valence-electron chi connectivity index (χ1n) is 4.98. The van der Waals surface area contributed by atoms with Gasteiger partial charge in [0.25, 0.3) is 0 Å². The molecule has 0 aromatic heterocycles. The monoisotopic (exact) mass is 291 g/mol. The average molecular weight is 292 g/mol. The Balaban J connectivity index is 2.33. The van der Waals surface area contributed by atoms with Crippen molar-refractivity contribution in [2.75, 3.05) is 0 Å². The lowest BCUT2D eigenvalue weighted by Crippen LogP contribution is -1.82. The van der Waals surface area contributed by atoms with Gasteiger partial charge in [-0.1, -0.05) is 18.2 Å². The maximum atomic E-state index is 9.74. The van der Waals surface area contributed by atoms with Gasteiger partial charge < -0.3 is 10.2 Å². The number of aromatic hydroxyl groups is 2. The summed E-state index contributed by atoms with van der Waals surface area (Å²) in [5.74, 6) is 0.241. The molecule has 2 N–H and O–H groups in total. The Morgan fingerprint density at radius 2 is 1.76 bits per heavy atom. The summed E-state index contributed by atoms with van der Waals surface area (Å²) in [7, 11) is 0. The summed E-state index contributed by atoms with van der Waals surface area (Å²) in [6.07, 6.45) is 1.51. The molecule has 2 aromatic carbocycles. The van der Waals surface area contributed by atoms with Crippen LogP contribution in [0.25, 0.3) is 0 Å². The molecule has 2 rings (SSSR count). The third-order valence-electron chi connectivity index (χ3n) is 2.24. The first-order chi connectivity index (χ1) is 8.18. The number of hydrogen-bond donors (Lipinski definition) is 2. The molecule has 0 atom stereocenters. The van der Waals surface area contributed by atoms with Crippen molar-refractivity contribution in [3.63, 3.8) is 0 Å². The number of phenols is 2. The highest BCUT2D eigenvalue weighted by Gasteiger charge is 2.02. The van der Waals surface area contributed by atoms with Gasteiger partial charge in [0.1, 0.15) is 17.2 Å². The van der Waals surface area contributed by atoms with Crippen LogP contribution >= 0.6 is 15.9 Å². The van der Waals surface area contributed by atoms with Crippen molar-refractivity contribution >= 4 is 27.8 Å². The quantitative estimate of drug-likeness (QED) is 0.831. The minimum atomic E-state index is 0.109. The van der Waals surface area contributed by atoms with E-state index in [9.17, 15) is 10.2 Å². The van der Waals surface area contributed by atoms with E-state index in [0.29, 0.717) is 15.7 Å². The molecular weight excluding hydrogens is 282 g/mol. The van der Waals surface area contributed by atoms with Crippen LogP contribution in [0, 0.1) is 0 Å². The van der Waals surface area contributed by atoms with E-state index in [2.05, 4.69) is 20.9 Å². The van der Waals surface area contributed by atoms with Crippen molar-refractivity contribution in [3.8, 4) is 11.5 Å². The van der Waals surface area contributed by atoms with Crippen molar-refractivity contribution < 1.29 is 10.2 Å². The number of halogens is 1. The van der Waals surface area contributed by atoms with Crippen molar-refractivity contribution in [3.05, 3.63) is 52.5 Å². The smallest absolute Gasteiger partial charge is 0.141 e. The fraction of sp³-hybridized carbons (Fsp3) is 0. The summed E-state index contributed by atoms with van der Waals surface area (Å²) in [5.41, 5.74) is 1.05. The van der Waals surface area contributed by atoms with Gasteiger partial charge >= 0.3 is 0 Å². The van der Waals surface area contributed by atoms with E-state index in [0.717, 1.165) is 0 Å². The Kier molecular flexibility index (Phi) is 3.44. The second kappa shape index (κ2) is 5.01. The van der Waals surface area contributed by atoms with Crippen LogP contribution in [-0.2, 0) is 0 Å². The normalized spacial score (nSPS) is 10.9. The largest absolute Gasteiger partial charge is 0.506 e. The molecule has 0 saturated heterocycles. The summed E-state index contributed by atoms with van der Waals surface area (Å²) < 4.78 is 0.610. The number of phenolic OH excluding ortho intramolecular Hbond substituents is 2. The Morgan fingerprint density at radius 1 is 1.00 bits per heavy atom. The summed E-state index contributed by atoms with van der Waals surface area (Å²) in [5, 5.41) is 19.3. The fourth-order valence-electron chi connectivity index (χ4n) is 1.35. The molecule has 0 radical (unpaired) electrons. The fourth-order valence-corrected chi connectivity index (χ4v) is 1.73. The van der Waals surface area contributed by atoms with E-state index in [1.54, 1.807) is 42.5 Å². The van der Waals surface area contributed by atoms with Gasteiger partial charge in [-0.15, -0.1) is 0 Å². The molecule has 2 aromatic rings. The third-order valence-corrected chi connectivity index (χ3v) is 2.88. The number of para-hydroxylation sites is 3. The van der Waals surface area contributed by atoms with E-state index in [1.807, 2.05) is 0 Å². The van der Waals surface area contributed by atoms with Crippen molar-refractivity contribution in [2.24, 2.45) is 4.99 Å². The van der Waals surface area contributed by atoms with Crippen LogP contribution in [0.4, 0.5) is 5.69 Å². The average Bonchev–Trinajstić information content (AvgIpc) is 2.33. The lowest BCUT2D eigenvalue weighted by Gasteiger charge is -2.01. The topological polar surface area (TPSA) is 52.8 Å². The number of rotatable bonds is 2. The van der Waals surface area contributed by atoms with Crippen LogP contribution in [0.5, 0.6) is 11.5 Å². The van der Waals surface area contributed by atoms with Crippen LogP contribution in [0.15, 0.2) is 51.9 Å². The van der Waals surface area contributed by atoms with Crippen LogP contribution in [0.1, 0.15) is 5.56 Å². The second-order valence-corrected chi connectivity index (χ2v) is 4.28. The Hall–Kier alpha value is -1.81. The highest BCUT2D eigenvalue weighted by molar-refractivity contribution is 9.10. The molecule has 0 aliphatic carbocycles. The summed E-state index contributed by atoms with van der Waals surface area (Å²) in [6, 6.07) is 12.1. The lowest BCUT2D eigenvalue weighted by atomic mass is 10.2. The van der Waals surface area contributed by atoms with Gasteiger partial charge in [-0.25, -0.2) is 0 Å². The maximum absolute atomic E-state index is 9.74. The minimum absolute atomic E-state index is 0.109. The van der Waals surface area contributed by atoms with Crippen LogP contribution in [0.2, 0.25) is 0 Å². The molecule has 0 saturated carbocycles. The predicted octanol–water partition coefficient (Wildman–Crippen LogP) is 3.61. The Morgan fingerprint density at radius 3 is 2.53 bits per heavy atom. The zero-order valence-corrected chi connectivity index (χ0v) is 10.4. The van der Waals surface area contributed by atoms with Gasteiger partial charge in [0.05, 0.1) is 4.47 Å². The number of aliphatic imine (C=N–C) groups is 1. The van der Waals surface area contributed by atoms with Gasteiger partial charge in [-0.3, -0.25) is 4.99 Å². The van der Waals surface area contributed by atoms with E-state index >= 15 is 0 Å². The molecular formula is C13H10BrNO2. The molecule has 0 spiro atoms. The molecule has 0 aliphatic heterocycles. The Labute approximate surface area is 107 Å². The molecule has 0 heterocycles. The molecule has 0 bridgehead atoms. The highest BCUT2D eigenvalue weighted by Crippen LogP contribution is 2.28.